The van der Waals surface area contributed by atoms with E-state index in [9.17, 15) is 9.18 Å². The Hall–Kier alpha value is -1.44. The van der Waals surface area contributed by atoms with Gasteiger partial charge in [0.25, 0.3) is 0 Å². The number of allylic oxidation sites excluding steroid dienone is 1. The predicted octanol–water partition coefficient (Wildman–Crippen LogP) is 6.82. The molecule has 0 amide bonds. The van der Waals surface area contributed by atoms with Crippen LogP contribution in [0.5, 0.6) is 0 Å². The van der Waals surface area contributed by atoms with E-state index >= 15 is 0 Å². The van der Waals surface area contributed by atoms with E-state index in [1.165, 1.54) is 51.0 Å². The van der Waals surface area contributed by atoms with Crippen LogP contribution in [0.15, 0.2) is 29.8 Å². The first-order valence-electron chi connectivity index (χ1n) is 11.4. The number of carbonyl (C=O) groups excluding carboxylic acids is 1. The van der Waals surface area contributed by atoms with Gasteiger partial charge in [-0.05, 0) is 103 Å². The smallest absolute Gasteiger partial charge is 0.165 e. The van der Waals surface area contributed by atoms with E-state index in [1.807, 2.05) is 12.1 Å². The van der Waals surface area contributed by atoms with Crippen LogP contribution in [0.3, 0.4) is 0 Å². The van der Waals surface area contributed by atoms with Crippen LogP contribution in [0.2, 0.25) is 0 Å². The molecule has 150 valence electrons. The van der Waals surface area contributed by atoms with Gasteiger partial charge in [-0.15, -0.1) is 0 Å². The molecule has 6 atom stereocenters. The fourth-order valence-corrected chi connectivity index (χ4v) is 7.89. The summed E-state index contributed by atoms with van der Waals surface area (Å²) in [4.78, 5) is 13.4. The first-order valence-corrected chi connectivity index (χ1v) is 11.4. The second kappa shape index (κ2) is 6.54. The highest BCUT2D eigenvalue weighted by Gasteiger charge is 2.60. The molecule has 4 aliphatic rings. The SMILES string of the molecule is C[C@]12CCCC[C@@H]1CC[C@H]1[C@H]2CC[C@]2(C)C(=O)/C(=C/c3cccc(F)c3)C[C@H]12. The number of halogens is 1. The summed E-state index contributed by atoms with van der Waals surface area (Å²) in [5, 5.41) is 0. The molecular weight excluding hydrogens is 347 g/mol. The molecule has 0 spiro atoms. The van der Waals surface area contributed by atoms with Crippen LogP contribution < -0.4 is 0 Å². The molecule has 2 heteroatoms. The Morgan fingerprint density at radius 1 is 1.04 bits per heavy atom. The molecule has 0 N–H and O–H groups in total. The fourth-order valence-electron chi connectivity index (χ4n) is 7.89. The molecule has 0 aliphatic heterocycles. The third-order valence-corrected chi connectivity index (χ3v) is 9.41. The number of benzene rings is 1. The van der Waals surface area contributed by atoms with Crippen LogP contribution in [0.25, 0.3) is 6.08 Å². The molecule has 4 fully saturated rings. The minimum atomic E-state index is -0.230. The summed E-state index contributed by atoms with van der Waals surface area (Å²) in [5.41, 5.74) is 2.07. The van der Waals surface area contributed by atoms with Gasteiger partial charge >= 0.3 is 0 Å². The van der Waals surface area contributed by atoms with Crippen LogP contribution >= 0.6 is 0 Å². The molecule has 0 bridgehead atoms. The Balaban J connectivity index is 1.46. The highest BCUT2D eigenvalue weighted by molar-refractivity contribution is 6.05. The molecule has 28 heavy (non-hydrogen) atoms. The van der Waals surface area contributed by atoms with Gasteiger partial charge in [-0.1, -0.05) is 38.8 Å². The largest absolute Gasteiger partial charge is 0.294 e. The Morgan fingerprint density at radius 2 is 1.89 bits per heavy atom. The third kappa shape index (κ3) is 2.66. The molecular formula is C26H33FO. The van der Waals surface area contributed by atoms with Gasteiger partial charge in [0, 0.05) is 5.41 Å². The van der Waals surface area contributed by atoms with Crippen LogP contribution in [-0.4, -0.2) is 5.78 Å². The Bertz CT molecular complexity index is 825. The van der Waals surface area contributed by atoms with Gasteiger partial charge in [-0.2, -0.15) is 0 Å². The van der Waals surface area contributed by atoms with Crippen molar-refractivity contribution in [1.82, 2.24) is 0 Å². The minimum absolute atomic E-state index is 0.196. The van der Waals surface area contributed by atoms with E-state index in [2.05, 4.69) is 13.8 Å². The standard InChI is InChI=1S/C26H33FO/c1-25-12-4-3-7-19(25)9-10-21-22(25)11-13-26(2)23(21)16-18(24(26)28)14-17-6-5-8-20(27)15-17/h5-6,8,14-15,19,21-23H,3-4,7,9-13,16H2,1-2H3/b18-14+/t19-,21+,22-,23-,25+,26+/m1/s1. The lowest BCUT2D eigenvalue weighted by molar-refractivity contribution is -0.137. The maximum atomic E-state index is 13.6. The zero-order chi connectivity index (χ0) is 19.5. The average Bonchev–Trinajstić information content (AvgIpc) is 2.92. The minimum Gasteiger partial charge on any atom is -0.294 e. The van der Waals surface area contributed by atoms with E-state index in [0.29, 0.717) is 23.0 Å². The highest BCUT2D eigenvalue weighted by atomic mass is 19.1. The van der Waals surface area contributed by atoms with E-state index < -0.39 is 0 Å². The van der Waals surface area contributed by atoms with Gasteiger partial charge in [-0.25, -0.2) is 4.39 Å². The number of fused-ring (bicyclic) bond motifs is 5. The second-order valence-electron chi connectivity index (χ2n) is 10.6. The number of rotatable bonds is 1. The Kier molecular flexibility index (Phi) is 4.34. The summed E-state index contributed by atoms with van der Waals surface area (Å²) in [6.45, 7) is 4.81. The molecule has 1 nitrogen and oxygen atoms in total. The summed E-state index contributed by atoms with van der Waals surface area (Å²) in [6, 6.07) is 6.65. The topological polar surface area (TPSA) is 17.1 Å². The van der Waals surface area contributed by atoms with Crippen molar-refractivity contribution in [2.24, 2.45) is 34.5 Å². The first kappa shape index (κ1) is 18.6. The van der Waals surface area contributed by atoms with E-state index in [-0.39, 0.29) is 11.2 Å². The van der Waals surface area contributed by atoms with E-state index in [4.69, 9.17) is 0 Å². The van der Waals surface area contributed by atoms with Gasteiger partial charge in [0.05, 0.1) is 0 Å². The van der Waals surface area contributed by atoms with Crippen molar-refractivity contribution in [3.8, 4) is 0 Å². The maximum Gasteiger partial charge on any atom is 0.165 e. The first-order chi connectivity index (χ1) is 13.4. The maximum absolute atomic E-state index is 13.6. The van der Waals surface area contributed by atoms with Crippen LogP contribution in [0.1, 0.15) is 77.2 Å². The molecule has 5 rings (SSSR count). The number of carbonyl (C=O) groups is 1. The lowest BCUT2D eigenvalue weighted by atomic mass is 9.45. The summed E-state index contributed by atoms with van der Waals surface area (Å²) in [6.07, 6.45) is 13.4. The summed E-state index contributed by atoms with van der Waals surface area (Å²) in [7, 11) is 0. The fraction of sp³-hybridized carbons (Fsp3) is 0.654. The monoisotopic (exact) mass is 380 g/mol. The molecule has 0 heterocycles. The number of Topliss-reactive ketones (excluding diaryl/α,β-unsaturated/α-hetero) is 1. The quantitative estimate of drug-likeness (QED) is 0.488. The molecule has 0 aromatic heterocycles. The second-order valence-corrected chi connectivity index (χ2v) is 10.6. The van der Waals surface area contributed by atoms with Gasteiger partial charge in [0.15, 0.2) is 5.78 Å². The third-order valence-electron chi connectivity index (χ3n) is 9.41. The van der Waals surface area contributed by atoms with Crippen molar-refractivity contribution in [3.63, 3.8) is 0 Å². The molecule has 1 aromatic carbocycles. The average molecular weight is 381 g/mol. The Labute approximate surface area is 168 Å². The van der Waals surface area contributed by atoms with Crippen LogP contribution in [0, 0.1) is 40.3 Å². The van der Waals surface area contributed by atoms with Crippen molar-refractivity contribution < 1.29 is 9.18 Å². The summed E-state index contributed by atoms with van der Waals surface area (Å²) >= 11 is 0. The Morgan fingerprint density at radius 3 is 2.71 bits per heavy atom. The van der Waals surface area contributed by atoms with Gasteiger partial charge in [0.1, 0.15) is 5.82 Å². The molecule has 4 saturated carbocycles. The van der Waals surface area contributed by atoms with Gasteiger partial charge in [-0.3, -0.25) is 4.79 Å². The normalized spacial score (nSPS) is 44.1. The highest BCUT2D eigenvalue weighted by Crippen LogP contribution is 2.66. The van der Waals surface area contributed by atoms with Crippen molar-refractivity contribution in [2.75, 3.05) is 0 Å². The van der Waals surface area contributed by atoms with Crippen LogP contribution in [0.4, 0.5) is 4.39 Å². The number of hydrogen-bond acceptors (Lipinski definition) is 1. The zero-order valence-corrected chi connectivity index (χ0v) is 17.3. The van der Waals surface area contributed by atoms with Crippen LogP contribution in [-0.2, 0) is 4.79 Å². The predicted molar refractivity (Wildman–Crippen MR) is 111 cm³/mol. The summed E-state index contributed by atoms with van der Waals surface area (Å²) < 4.78 is 13.6. The van der Waals surface area contributed by atoms with Crippen molar-refractivity contribution >= 4 is 11.9 Å². The number of ketones is 1. The van der Waals surface area contributed by atoms with E-state index in [0.717, 1.165) is 35.8 Å². The molecule has 1 aromatic rings. The van der Waals surface area contributed by atoms with Crippen molar-refractivity contribution in [1.29, 1.82) is 0 Å². The summed E-state index contributed by atoms with van der Waals surface area (Å²) in [5.74, 6) is 3.00. The van der Waals surface area contributed by atoms with E-state index in [1.54, 1.807) is 12.1 Å². The lowest BCUT2D eigenvalue weighted by Crippen LogP contribution is -2.52. The van der Waals surface area contributed by atoms with Gasteiger partial charge < -0.3 is 0 Å². The lowest BCUT2D eigenvalue weighted by Gasteiger charge is -2.59. The number of hydrogen-bond donors (Lipinski definition) is 0. The molecule has 4 aliphatic carbocycles. The van der Waals surface area contributed by atoms with Crippen molar-refractivity contribution in [2.45, 2.75) is 71.6 Å². The van der Waals surface area contributed by atoms with Gasteiger partial charge in [0.2, 0.25) is 0 Å². The molecule has 0 radical (unpaired) electrons. The molecule has 0 unspecified atom stereocenters. The molecule has 0 saturated heterocycles. The zero-order valence-electron chi connectivity index (χ0n) is 17.3. The van der Waals surface area contributed by atoms with Crippen molar-refractivity contribution in [3.05, 3.63) is 41.2 Å².